The molecular formula is C34H42N4O6S. The molecule has 2 aromatic rings. The monoisotopic (exact) mass is 634 g/mol. The number of anilines is 1. The normalized spacial score (nSPS) is 14.2. The lowest BCUT2D eigenvalue weighted by Gasteiger charge is -2.14. The second-order valence-corrected chi connectivity index (χ2v) is 12.0. The predicted octanol–water partition coefficient (Wildman–Crippen LogP) is 4.74. The fourth-order valence-electron chi connectivity index (χ4n) is 4.70. The van der Waals surface area contributed by atoms with Gasteiger partial charge in [-0.2, -0.15) is 0 Å². The number of terminal acetylenes is 1. The number of likely N-dealkylation sites (tertiary alicyclic amines) is 1. The highest BCUT2D eigenvalue weighted by Gasteiger charge is 2.38. The molecule has 1 saturated heterocycles. The molecule has 5 amide bonds. The Morgan fingerprint density at radius 3 is 2.18 bits per heavy atom. The van der Waals surface area contributed by atoms with Crippen molar-refractivity contribution < 1.29 is 28.8 Å². The van der Waals surface area contributed by atoms with Crippen molar-refractivity contribution >= 4 is 47.0 Å². The fourth-order valence-corrected chi connectivity index (χ4v) is 5.77. The van der Waals surface area contributed by atoms with E-state index >= 15 is 0 Å². The summed E-state index contributed by atoms with van der Waals surface area (Å²) in [6, 6.07) is 16.8. The molecule has 0 aliphatic carbocycles. The second-order valence-electron chi connectivity index (χ2n) is 10.8. The maximum Gasteiger partial charge on any atom is 0.243 e. The third kappa shape index (κ3) is 13.6. The van der Waals surface area contributed by atoms with E-state index in [2.05, 4.69) is 22.0 Å². The highest BCUT2D eigenvalue weighted by atomic mass is 32.2. The Hall–Kier alpha value is -4.14. The first-order valence-electron chi connectivity index (χ1n) is 15.4. The summed E-state index contributed by atoms with van der Waals surface area (Å²) in [4.78, 5) is 68.5. The topological polar surface area (TPSA) is 134 Å². The van der Waals surface area contributed by atoms with E-state index in [0.29, 0.717) is 45.1 Å². The van der Waals surface area contributed by atoms with E-state index in [1.54, 1.807) is 0 Å². The molecule has 1 heterocycles. The van der Waals surface area contributed by atoms with Crippen LogP contribution in [0, 0.1) is 12.3 Å². The summed E-state index contributed by atoms with van der Waals surface area (Å²) in [5, 5.41) is 5.02. The molecule has 1 aliphatic rings. The lowest BCUT2D eigenvalue weighted by Crippen LogP contribution is -2.32. The molecule has 45 heavy (non-hydrogen) atoms. The average Bonchev–Trinajstić information content (AvgIpc) is 3.30. The second kappa shape index (κ2) is 20.0. The first-order chi connectivity index (χ1) is 21.9. The van der Waals surface area contributed by atoms with Crippen LogP contribution in [0.1, 0.15) is 76.2 Å². The Balaban J connectivity index is 1.23. The summed E-state index contributed by atoms with van der Waals surface area (Å²) in [7, 11) is 0. The van der Waals surface area contributed by atoms with Crippen molar-refractivity contribution in [3.63, 3.8) is 0 Å². The molecule has 0 bridgehead atoms. The van der Waals surface area contributed by atoms with Gasteiger partial charge >= 0.3 is 0 Å². The summed E-state index contributed by atoms with van der Waals surface area (Å²) in [6.45, 7) is 0.774. The molecule has 1 atom stereocenters. The first kappa shape index (κ1) is 35.3. The van der Waals surface area contributed by atoms with Crippen LogP contribution in [0.15, 0.2) is 59.5 Å². The van der Waals surface area contributed by atoms with Crippen LogP contribution in [0.3, 0.4) is 0 Å². The van der Waals surface area contributed by atoms with Crippen molar-refractivity contribution in [3.8, 4) is 12.3 Å². The third-order valence-electron chi connectivity index (χ3n) is 7.12. The molecule has 240 valence electrons. The molecule has 1 unspecified atom stereocenters. The number of thioether (sulfide) groups is 1. The van der Waals surface area contributed by atoms with Gasteiger partial charge in [0.25, 0.3) is 0 Å². The summed E-state index contributed by atoms with van der Waals surface area (Å²) in [5.74, 6) is 1.71. The quantitative estimate of drug-likeness (QED) is 0.0829. The van der Waals surface area contributed by atoms with Gasteiger partial charge in [0.05, 0.1) is 18.4 Å². The summed E-state index contributed by atoms with van der Waals surface area (Å²) >= 11 is 1.36. The first-order valence-corrected chi connectivity index (χ1v) is 16.3. The van der Waals surface area contributed by atoms with Gasteiger partial charge in [-0.05, 0) is 55.5 Å². The van der Waals surface area contributed by atoms with Crippen LogP contribution in [-0.2, 0) is 35.4 Å². The Bertz CT molecular complexity index is 1310. The fraction of sp³-hybridized carbons (Fsp3) is 0.441. The molecule has 2 aromatic carbocycles. The maximum atomic E-state index is 12.8. The third-order valence-corrected chi connectivity index (χ3v) is 8.31. The van der Waals surface area contributed by atoms with Gasteiger partial charge in [0, 0.05) is 42.8 Å². The van der Waals surface area contributed by atoms with Crippen LogP contribution in [0.25, 0.3) is 0 Å². The average molecular weight is 635 g/mol. The number of rotatable bonds is 20. The van der Waals surface area contributed by atoms with E-state index in [-0.39, 0.29) is 49.1 Å². The number of para-hydroxylation sites is 1. The van der Waals surface area contributed by atoms with Gasteiger partial charge in [-0.3, -0.25) is 33.7 Å². The van der Waals surface area contributed by atoms with Crippen molar-refractivity contribution in [2.24, 2.45) is 0 Å². The summed E-state index contributed by atoms with van der Waals surface area (Å²) in [6.07, 6.45) is 11.7. The van der Waals surface area contributed by atoms with E-state index in [1.807, 2.05) is 54.6 Å². The highest BCUT2D eigenvalue weighted by molar-refractivity contribution is 8.00. The lowest BCUT2D eigenvalue weighted by molar-refractivity contribution is -0.138. The number of imide groups is 1. The zero-order valence-corrected chi connectivity index (χ0v) is 26.4. The van der Waals surface area contributed by atoms with Gasteiger partial charge in [0.2, 0.25) is 29.5 Å². The standard InChI is InChI=1S/C34H42N4O6S/c1-2-22-35-30(39)15-11-6-12-23-38-33(42)24-29(34(38)43)45-28-20-18-26(19-21-28)25-44-37-32(41)17-10-4-3-9-16-31(40)36-27-13-7-5-8-14-27/h1,5,7-8,13-14,18-21,29H,3-4,6,9-12,15-17,22-25H2,(H,35,39)(H,36,40)(H,37,41). The van der Waals surface area contributed by atoms with Crippen molar-refractivity contribution in [2.75, 3.05) is 18.4 Å². The minimum absolute atomic E-state index is 0.00673. The number of benzene rings is 2. The lowest BCUT2D eigenvalue weighted by atomic mass is 10.1. The Kier molecular flexibility index (Phi) is 15.7. The van der Waals surface area contributed by atoms with Gasteiger partial charge in [-0.25, -0.2) is 5.48 Å². The Labute approximate surface area is 269 Å². The van der Waals surface area contributed by atoms with E-state index in [0.717, 1.165) is 41.8 Å². The SMILES string of the molecule is C#CCNC(=O)CCCCCN1C(=O)CC(Sc2ccc(CONC(=O)CCCCCCC(=O)Nc3ccccc3)cc2)C1=O. The van der Waals surface area contributed by atoms with Gasteiger partial charge < -0.3 is 10.6 Å². The Morgan fingerprint density at radius 2 is 1.49 bits per heavy atom. The van der Waals surface area contributed by atoms with Gasteiger partial charge in [-0.15, -0.1) is 18.2 Å². The number of hydroxylamine groups is 1. The maximum absolute atomic E-state index is 12.8. The number of carbonyl (C=O) groups excluding carboxylic acids is 5. The predicted molar refractivity (Wildman–Crippen MR) is 173 cm³/mol. The smallest absolute Gasteiger partial charge is 0.243 e. The molecule has 0 aromatic heterocycles. The zero-order valence-electron chi connectivity index (χ0n) is 25.6. The molecule has 1 aliphatic heterocycles. The number of hydrogen-bond donors (Lipinski definition) is 3. The largest absolute Gasteiger partial charge is 0.345 e. The Morgan fingerprint density at radius 1 is 0.844 bits per heavy atom. The molecule has 0 spiro atoms. The summed E-state index contributed by atoms with van der Waals surface area (Å²) < 4.78 is 0. The molecular weight excluding hydrogens is 592 g/mol. The molecule has 3 rings (SSSR count). The molecule has 11 heteroatoms. The van der Waals surface area contributed by atoms with E-state index in [4.69, 9.17) is 11.3 Å². The van der Waals surface area contributed by atoms with Crippen molar-refractivity contribution in [1.29, 1.82) is 0 Å². The van der Waals surface area contributed by atoms with E-state index in [9.17, 15) is 24.0 Å². The van der Waals surface area contributed by atoms with Crippen LogP contribution in [-0.4, -0.2) is 52.8 Å². The molecule has 0 saturated carbocycles. The number of amides is 5. The van der Waals surface area contributed by atoms with Gasteiger partial charge in [-0.1, -0.05) is 55.5 Å². The van der Waals surface area contributed by atoms with Crippen LogP contribution in [0.4, 0.5) is 5.69 Å². The summed E-state index contributed by atoms with van der Waals surface area (Å²) in [5.41, 5.74) is 4.12. The minimum atomic E-state index is -0.458. The molecule has 1 fully saturated rings. The minimum Gasteiger partial charge on any atom is -0.345 e. The number of nitrogens with one attached hydrogen (secondary N) is 3. The zero-order chi connectivity index (χ0) is 32.3. The molecule has 0 radical (unpaired) electrons. The number of carbonyl (C=O) groups is 5. The highest BCUT2D eigenvalue weighted by Crippen LogP contribution is 2.32. The van der Waals surface area contributed by atoms with Crippen LogP contribution in [0.5, 0.6) is 0 Å². The van der Waals surface area contributed by atoms with Crippen molar-refractivity contribution in [1.82, 2.24) is 15.7 Å². The van der Waals surface area contributed by atoms with Crippen LogP contribution < -0.4 is 16.1 Å². The van der Waals surface area contributed by atoms with Crippen LogP contribution >= 0.6 is 11.8 Å². The van der Waals surface area contributed by atoms with E-state index in [1.165, 1.54) is 16.7 Å². The molecule has 3 N–H and O–H groups in total. The number of nitrogens with zero attached hydrogens (tertiary/aromatic N) is 1. The van der Waals surface area contributed by atoms with Crippen molar-refractivity contribution in [2.45, 2.75) is 87.4 Å². The van der Waals surface area contributed by atoms with Gasteiger partial charge in [0.15, 0.2) is 0 Å². The molecule has 10 nitrogen and oxygen atoms in total. The van der Waals surface area contributed by atoms with Gasteiger partial charge in [0.1, 0.15) is 0 Å². The van der Waals surface area contributed by atoms with Crippen molar-refractivity contribution in [3.05, 3.63) is 60.2 Å². The van der Waals surface area contributed by atoms with E-state index < -0.39 is 5.25 Å². The number of hydrogen-bond acceptors (Lipinski definition) is 7. The van der Waals surface area contributed by atoms with Crippen LogP contribution in [0.2, 0.25) is 0 Å². The number of unbranched alkanes of at least 4 members (excludes halogenated alkanes) is 5.